The van der Waals surface area contributed by atoms with Crippen molar-refractivity contribution >= 4 is 10.0 Å². The summed E-state index contributed by atoms with van der Waals surface area (Å²) in [5.74, 6) is -0.450. The van der Waals surface area contributed by atoms with Gasteiger partial charge in [0.15, 0.2) is 0 Å². The van der Waals surface area contributed by atoms with Crippen molar-refractivity contribution in [1.82, 2.24) is 9.21 Å². The van der Waals surface area contributed by atoms with E-state index in [0.717, 1.165) is 36.4 Å². The molecule has 0 radical (unpaired) electrons. The molecule has 3 rings (SSSR count). The molecule has 0 aromatic heterocycles. The first kappa shape index (κ1) is 19.7. The topological polar surface area (TPSA) is 49.9 Å². The van der Waals surface area contributed by atoms with E-state index in [-0.39, 0.29) is 4.90 Å². The van der Waals surface area contributed by atoms with Gasteiger partial charge >= 0.3 is 6.36 Å². The molecular formula is C18H19F3N2O3S. The van der Waals surface area contributed by atoms with E-state index in [1.807, 2.05) is 30.3 Å². The number of alkyl halides is 3. The molecule has 0 amide bonds. The Morgan fingerprint density at radius 1 is 0.889 bits per heavy atom. The molecule has 9 heteroatoms. The Kier molecular flexibility index (Phi) is 5.73. The lowest BCUT2D eigenvalue weighted by Crippen LogP contribution is -2.48. The number of halogens is 3. The molecule has 1 saturated heterocycles. The second-order valence-corrected chi connectivity index (χ2v) is 8.12. The number of nitrogens with zero attached hydrogens (tertiary/aromatic N) is 2. The quantitative estimate of drug-likeness (QED) is 0.774. The summed E-state index contributed by atoms with van der Waals surface area (Å²) in [6.45, 7) is 2.58. The smallest absolute Gasteiger partial charge is 0.406 e. The van der Waals surface area contributed by atoms with Crippen molar-refractivity contribution in [1.29, 1.82) is 0 Å². The van der Waals surface area contributed by atoms with Crippen molar-refractivity contribution in [3.8, 4) is 5.75 Å². The zero-order chi connectivity index (χ0) is 19.5. The molecule has 0 atom stereocenters. The maximum absolute atomic E-state index is 12.7. The number of piperazine rings is 1. The second kappa shape index (κ2) is 7.87. The number of sulfonamides is 1. The van der Waals surface area contributed by atoms with Gasteiger partial charge in [-0.2, -0.15) is 4.31 Å². The average molecular weight is 400 g/mol. The number of hydrogen-bond acceptors (Lipinski definition) is 4. The second-order valence-electron chi connectivity index (χ2n) is 6.19. The summed E-state index contributed by atoms with van der Waals surface area (Å²) in [4.78, 5) is 2.12. The summed E-state index contributed by atoms with van der Waals surface area (Å²) in [6.07, 6.45) is -4.81. The number of benzene rings is 2. The highest BCUT2D eigenvalue weighted by Crippen LogP contribution is 2.25. The van der Waals surface area contributed by atoms with E-state index in [2.05, 4.69) is 9.64 Å². The molecular weight excluding hydrogens is 381 g/mol. The Morgan fingerprint density at radius 3 is 2.04 bits per heavy atom. The van der Waals surface area contributed by atoms with Crippen LogP contribution in [0.1, 0.15) is 5.56 Å². The first-order valence-corrected chi connectivity index (χ1v) is 9.80. The molecule has 1 aliphatic rings. The van der Waals surface area contributed by atoms with Crippen LogP contribution in [0.2, 0.25) is 0 Å². The van der Waals surface area contributed by atoms with Gasteiger partial charge in [0.2, 0.25) is 10.0 Å². The molecule has 0 spiro atoms. The zero-order valence-electron chi connectivity index (χ0n) is 14.4. The van der Waals surface area contributed by atoms with Crippen molar-refractivity contribution in [3.05, 3.63) is 60.2 Å². The Bertz CT molecular complexity index is 848. The minimum atomic E-state index is -4.81. The van der Waals surface area contributed by atoms with E-state index in [9.17, 15) is 21.6 Å². The minimum absolute atomic E-state index is 0.0477. The largest absolute Gasteiger partial charge is 0.573 e. The lowest BCUT2D eigenvalue weighted by Gasteiger charge is -2.34. The molecule has 2 aromatic rings. The van der Waals surface area contributed by atoms with Crippen LogP contribution in [-0.4, -0.2) is 50.2 Å². The van der Waals surface area contributed by atoms with E-state index >= 15 is 0 Å². The predicted molar refractivity (Wildman–Crippen MR) is 93.6 cm³/mol. The van der Waals surface area contributed by atoms with E-state index in [1.165, 1.54) is 4.31 Å². The number of hydrogen-bond donors (Lipinski definition) is 0. The SMILES string of the molecule is O=S(=O)(c1ccc(OC(F)(F)F)cc1)N1CCN(Cc2ccccc2)CC1. The standard InChI is InChI=1S/C18H19F3N2O3S/c19-18(20,21)26-16-6-8-17(9-7-16)27(24,25)23-12-10-22(11-13-23)14-15-4-2-1-3-5-15/h1-9H,10-14H2. The molecule has 0 bridgehead atoms. The maximum Gasteiger partial charge on any atom is 0.573 e. The van der Waals surface area contributed by atoms with Gasteiger partial charge in [0.1, 0.15) is 5.75 Å². The first-order valence-electron chi connectivity index (χ1n) is 8.36. The van der Waals surface area contributed by atoms with Gasteiger partial charge in [-0.1, -0.05) is 30.3 Å². The van der Waals surface area contributed by atoms with Crippen LogP contribution in [0.4, 0.5) is 13.2 Å². The van der Waals surface area contributed by atoms with Crippen LogP contribution in [0.3, 0.4) is 0 Å². The van der Waals surface area contributed by atoms with Crippen LogP contribution < -0.4 is 4.74 Å². The summed E-state index contributed by atoms with van der Waals surface area (Å²) in [6, 6.07) is 14.2. The molecule has 0 aliphatic carbocycles. The highest BCUT2D eigenvalue weighted by atomic mass is 32.2. The van der Waals surface area contributed by atoms with Crippen LogP contribution in [0.5, 0.6) is 5.75 Å². The van der Waals surface area contributed by atoms with Gasteiger partial charge in [0, 0.05) is 32.7 Å². The van der Waals surface area contributed by atoms with Crippen molar-refractivity contribution in [3.63, 3.8) is 0 Å². The molecule has 1 heterocycles. The maximum atomic E-state index is 12.7. The zero-order valence-corrected chi connectivity index (χ0v) is 15.2. The van der Waals surface area contributed by atoms with E-state index in [1.54, 1.807) is 0 Å². The van der Waals surface area contributed by atoms with Gasteiger partial charge < -0.3 is 4.74 Å². The van der Waals surface area contributed by atoms with Gasteiger partial charge in [-0.15, -0.1) is 13.2 Å². The summed E-state index contributed by atoms with van der Waals surface area (Å²) in [5, 5.41) is 0. The van der Waals surface area contributed by atoms with Gasteiger partial charge in [0.25, 0.3) is 0 Å². The Labute approximate surface area is 156 Å². The van der Waals surface area contributed by atoms with Gasteiger partial charge in [-0.3, -0.25) is 4.90 Å². The van der Waals surface area contributed by atoms with E-state index in [0.29, 0.717) is 26.2 Å². The average Bonchev–Trinajstić information content (AvgIpc) is 2.62. The third-order valence-electron chi connectivity index (χ3n) is 4.28. The summed E-state index contributed by atoms with van der Waals surface area (Å²) in [5.41, 5.74) is 1.16. The lowest BCUT2D eigenvalue weighted by molar-refractivity contribution is -0.274. The van der Waals surface area contributed by atoms with Crippen LogP contribution in [-0.2, 0) is 16.6 Å². The van der Waals surface area contributed by atoms with Crippen LogP contribution in [0.25, 0.3) is 0 Å². The number of rotatable bonds is 5. The van der Waals surface area contributed by atoms with E-state index in [4.69, 9.17) is 0 Å². The van der Waals surface area contributed by atoms with Crippen molar-refractivity contribution in [2.24, 2.45) is 0 Å². The highest BCUT2D eigenvalue weighted by molar-refractivity contribution is 7.89. The molecule has 0 N–H and O–H groups in total. The molecule has 2 aromatic carbocycles. The Morgan fingerprint density at radius 2 is 1.48 bits per heavy atom. The monoisotopic (exact) mass is 400 g/mol. The lowest BCUT2D eigenvalue weighted by atomic mass is 10.2. The van der Waals surface area contributed by atoms with Crippen LogP contribution >= 0.6 is 0 Å². The summed E-state index contributed by atoms with van der Waals surface area (Å²) >= 11 is 0. The number of ether oxygens (including phenoxy) is 1. The van der Waals surface area contributed by atoms with Gasteiger partial charge in [-0.05, 0) is 29.8 Å². The minimum Gasteiger partial charge on any atom is -0.406 e. The molecule has 1 fully saturated rings. The van der Waals surface area contributed by atoms with Crippen molar-refractivity contribution < 1.29 is 26.3 Å². The Balaban J connectivity index is 1.61. The van der Waals surface area contributed by atoms with Gasteiger partial charge in [0.05, 0.1) is 4.90 Å². The van der Waals surface area contributed by atoms with Gasteiger partial charge in [-0.25, -0.2) is 8.42 Å². The van der Waals surface area contributed by atoms with Crippen LogP contribution in [0, 0.1) is 0 Å². The molecule has 1 aliphatic heterocycles. The molecule has 27 heavy (non-hydrogen) atoms. The fourth-order valence-corrected chi connectivity index (χ4v) is 4.35. The van der Waals surface area contributed by atoms with Crippen molar-refractivity contribution in [2.75, 3.05) is 26.2 Å². The molecule has 0 unspecified atom stereocenters. The van der Waals surface area contributed by atoms with Crippen molar-refractivity contribution in [2.45, 2.75) is 17.8 Å². The molecule has 0 saturated carbocycles. The molecule has 5 nitrogen and oxygen atoms in total. The summed E-state index contributed by atoms with van der Waals surface area (Å²) < 4.78 is 67.1. The summed E-state index contributed by atoms with van der Waals surface area (Å²) in [7, 11) is -3.75. The molecule has 146 valence electrons. The normalized spacial score (nSPS) is 17.0. The van der Waals surface area contributed by atoms with E-state index < -0.39 is 22.1 Å². The third kappa shape index (κ3) is 5.21. The third-order valence-corrected chi connectivity index (χ3v) is 6.19. The van der Waals surface area contributed by atoms with Crippen LogP contribution in [0.15, 0.2) is 59.5 Å². The predicted octanol–water partition coefficient (Wildman–Crippen LogP) is 3.09. The first-order chi connectivity index (χ1) is 12.7. The Hall–Kier alpha value is -2.10. The fourth-order valence-electron chi connectivity index (χ4n) is 2.93. The fraction of sp³-hybridized carbons (Fsp3) is 0.333. The highest BCUT2D eigenvalue weighted by Gasteiger charge is 2.32.